The van der Waals surface area contributed by atoms with Gasteiger partial charge < -0.3 is 14.7 Å². The van der Waals surface area contributed by atoms with Crippen molar-refractivity contribution < 1.29 is 9.32 Å². The summed E-state index contributed by atoms with van der Waals surface area (Å²) in [5.41, 5.74) is 0. The summed E-state index contributed by atoms with van der Waals surface area (Å²) in [7, 11) is 1.77. The molecule has 2 rings (SSSR count). The molecule has 0 aliphatic carbocycles. The van der Waals surface area contributed by atoms with Crippen LogP contribution in [0, 0.1) is 0 Å². The van der Waals surface area contributed by atoms with Crippen molar-refractivity contribution >= 4 is 18.3 Å². The zero-order valence-electron chi connectivity index (χ0n) is 11.5. The maximum Gasteiger partial charge on any atom is 0.237 e. The lowest BCUT2D eigenvalue weighted by molar-refractivity contribution is -0.131. The number of hydrogen-bond acceptors (Lipinski definition) is 5. The fraction of sp³-hybridized carbons (Fsp3) is 0.750. The molecule has 108 valence electrons. The van der Waals surface area contributed by atoms with Crippen LogP contribution in [0.4, 0.5) is 0 Å². The maximum atomic E-state index is 11.9. The molecule has 6 nitrogen and oxygen atoms in total. The summed E-state index contributed by atoms with van der Waals surface area (Å²) in [4.78, 5) is 18.2. The van der Waals surface area contributed by atoms with Crippen molar-refractivity contribution in [3.8, 4) is 0 Å². The summed E-state index contributed by atoms with van der Waals surface area (Å²) in [5, 5.41) is 6.90. The highest BCUT2D eigenvalue weighted by molar-refractivity contribution is 5.85. The van der Waals surface area contributed by atoms with Crippen molar-refractivity contribution in [1.82, 2.24) is 20.4 Å². The van der Waals surface area contributed by atoms with Crippen molar-refractivity contribution in [2.45, 2.75) is 38.6 Å². The second kappa shape index (κ2) is 6.86. The van der Waals surface area contributed by atoms with Gasteiger partial charge in [-0.3, -0.25) is 4.79 Å². The Bertz CT molecular complexity index is 422. The molecule has 0 saturated carbocycles. The zero-order valence-corrected chi connectivity index (χ0v) is 12.4. The van der Waals surface area contributed by atoms with E-state index in [9.17, 15) is 4.79 Å². The van der Waals surface area contributed by atoms with Gasteiger partial charge >= 0.3 is 0 Å². The van der Waals surface area contributed by atoms with Crippen LogP contribution in [-0.4, -0.2) is 41.1 Å². The number of likely N-dealkylation sites (tertiary alicyclic amines) is 1. The number of halogens is 1. The molecule has 1 N–H and O–H groups in total. The van der Waals surface area contributed by atoms with Gasteiger partial charge in [0.25, 0.3) is 0 Å². The molecule has 1 aromatic heterocycles. The minimum atomic E-state index is -0.0258. The first-order valence-corrected chi connectivity index (χ1v) is 6.41. The van der Waals surface area contributed by atoms with E-state index in [0.717, 1.165) is 19.4 Å². The van der Waals surface area contributed by atoms with Gasteiger partial charge in [0.1, 0.15) is 0 Å². The van der Waals surface area contributed by atoms with Crippen molar-refractivity contribution in [2.24, 2.45) is 0 Å². The van der Waals surface area contributed by atoms with Crippen molar-refractivity contribution in [1.29, 1.82) is 0 Å². The van der Waals surface area contributed by atoms with Crippen LogP contribution < -0.4 is 5.32 Å². The molecule has 0 bridgehead atoms. The van der Waals surface area contributed by atoms with Crippen LogP contribution in [0.15, 0.2) is 4.52 Å². The fourth-order valence-corrected chi connectivity index (χ4v) is 2.20. The number of carbonyl (C=O) groups excluding carboxylic acids is 1. The van der Waals surface area contributed by atoms with Gasteiger partial charge in [-0.1, -0.05) is 19.0 Å². The summed E-state index contributed by atoms with van der Waals surface area (Å²) in [6.07, 6.45) is 1.90. The number of carbonyl (C=O) groups is 1. The van der Waals surface area contributed by atoms with Gasteiger partial charge in [-0.05, 0) is 19.9 Å². The fourth-order valence-electron chi connectivity index (χ4n) is 2.20. The minimum absolute atomic E-state index is 0. The normalized spacial score (nSPS) is 18.7. The van der Waals surface area contributed by atoms with Gasteiger partial charge in [-0.15, -0.1) is 12.4 Å². The Morgan fingerprint density at radius 3 is 2.89 bits per heavy atom. The lowest BCUT2D eigenvalue weighted by Crippen LogP contribution is -2.37. The van der Waals surface area contributed by atoms with Crippen LogP contribution in [0.2, 0.25) is 0 Å². The second-order valence-electron chi connectivity index (χ2n) is 4.92. The van der Waals surface area contributed by atoms with Crippen molar-refractivity contribution in [3.05, 3.63) is 11.7 Å². The molecule has 1 saturated heterocycles. The highest BCUT2D eigenvalue weighted by Gasteiger charge is 2.33. The third-order valence-corrected chi connectivity index (χ3v) is 3.15. The SMILES string of the molecule is CNCC(=O)N1CCCC1c1noc(C(C)C)n1.Cl. The predicted molar refractivity (Wildman–Crippen MR) is 73.2 cm³/mol. The summed E-state index contributed by atoms with van der Waals surface area (Å²) >= 11 is 0. The first-order chi connectivity index (χ1) is 8.63. The lowest BCUT2D eigenvalue weighted by atomic mass is 10.2. The number of nitrogens with one attached hydrogen (secondary N) is 1. The highest BCUT2D eigenvalue weighted by Crippen LogP contribution is 2.30. The molecule has 1 fully saturated rings. The third-order valence-electron chi connectivity index (χ3n) is 3.15. The van der Waals surface area contributed by atoms with Gasteiger partial charge in [-0.25, -0.2) is 0 Å². The summed E-state index contributed by atoms with van der Waals surface area (Å²) < 4.78 is 5.21. The Morgan fingerprint density at radius 2 is 2.32 bits per heavy atom. The molecule has 0 aromatic carbocycles. The monoisotopic (exact) mass is 288 g/mol. The van der Waals surface area contributed by atoms with E-state index in [1.165, 1.54) is 0 Å². The molecule has 1 unspecified atom stereocenters. The largest absolute Gasteiger partial charge is 0.339 e. The van der Waals surface area contributed by atoms with E-state index in [1.807, 2.05) is 18.7 Å². The quantitative estimate of drug-likeness (QED) is 0.909. The molecule has 2 heterocycles. The van der Waals surface area contributed by atoms with Crippen molar-refractivity contribution in [2.75, 3.05) is 20.1 Å². The Hall–Kier alpha value is -1.14. The Morgan fingerprint density at radius 1 is 1.58 bits per heavy atom. The number of rotatable bonds is 4. The first kappa shape index (κ1) is 15.9. The molecule has 0 radical (unpaired) electrons. The Balaban J connectivity index is 0.00000180. The summed E-state index contributed by atoms with van der Waals surface area (Å²) in [6, 6.07) is -0.0258. The molecule has 19 heavy (non-hydrogen) atoms. The number of amides is 1. The van der Waals surface area contributed by atoms with E-state index in [-0.39, 0.29) is 30.3 Å². The summed E-state index contributed by atoms with van der Waals surface area (Å²) in [6.45, 7) is 5.15. The highest BCUT2D eigenvalue weighted by atomic mass is 35.5. The van der Waals surface area contributed by atoms with Crippen LogP contribution in [-0.2, 0) is 4.79 Å². The van der Waals surface area contributed by atoms with Gasteiger partial charge in [0.2, 0.25) is 11.8 Å². The van der Waals surface area contributed by atoms with Crippen LogP contribution >= 0.6 is 12.4 Å². The molecule has 1 aromatic rings. The standard InChI is InChI=1S/C12H20N4O2.ClH/c1-8(2)12-14-11(15-18-12)9-5-4-6-16(9)10(17)7-13-3;/h8-9,13H,4-7H2,1-3H3;1H. The molecule has 1 aliphatic heterocycles. The van der Waals surface area contributed by atoms with Gasteiger partial charge in [-0.2, -0.15) is 4.98 Å². The number of hydrogen-bond donors (Lipinski definition) is 1. The van der Waals surface area contributed by atoms with Crippen LogP contribution in [0.1, 0.15) is 50.4 Å². The number of aromatic nitrogens is 2. The molecular formula is C12H21ClN4O2. The number of nitrogens with zero attached hydrogens (tertiary/aromatic N) is 3. The van der Waals surface area contributed by atoms with Gasteiger partial charge in [0.15, 0.2) is 5.82 Å². The van der Waals surface area contributed by atoms with E-state index in [1.54, 1.807) is 7.05 Å². The van der Waals surface area contributed by atoms with E-state index in [4.69, 9.17) is 4.52 Å². The van der Waals surface area contributed by atoms with Gasteiger partial charge in [0.05, 0.1) is 12.6 Å². The lowest BCUT2D eigenvalue weighted by Gasteiger charge is -2.21. The average molecular weight is 289 g/mol. The van der Waals surface area contributed by atoms with E-state index >= 15 is 0 Å². The third kappa shape index (κ3) is 3.45. The molecular weight excluding hydrogens is 268 g/mol. The number of likely N-dealkylation sites (N-methyl/N-ethyl adjacent to an activating group) is 1. The van der Waals surface area contributed by atoms with Crippen LogP contribution in [0.3, 0.4) is 0 Å². The van der Waals surface area contributed by atoms with Gasteiger partial charge in [0, 0.05) is 12.5 Å². The topological polar surface area (TPSA) is 71.3 Å². The van der Waals surface area contributed by atoms with Crippen molar-refractivity contribution in [3.63, 3.8) is 0 Å². The van der Waals surface area contributed by atoms with E-state index in [0.29, 0.717) is 18.3 Å². The maximum absolute atomic E-state index is 11.9. The van der Waals surface area contributed by atoms with E-state index in [2.05, 4.69) is 15.5 Å². The molecule has 7 heteroatoms. The smallest absolute Gasteiger partial charge is 0.237 e. The summed E-state index contributed by atoms with van der Waals surface area (Å²) in [5.74, 6) is 1.59. The van der Waals surface area contributed by atoms with Crippen LogP contribution in [0.5, 0.6) is 0 Å². The second-order valence-corrected chi connectivity index (χ2v) is 4.92. The molecule has 1 atom stereocenters. The van der Waals surface area contributed by atoms with E-state index < -0.39 is 0 Å². The molecule has 1 aliphatic rings. The Labute approximate surface area is 119 Å². The zero-order chi connectivity index (χ0) is 13.1. The minimum Gasteiger partial charge on any atom is -0.339 e. The van der Waals surface area contributed by atoms with Crippen LogP contribution in [0.25, 0.3) is 0 Å². The molecule has 0 spiro atoms. The predicted octanol–water partition coefficient (Wildman–Crippen LogP) is 1.50. The first-order valence-electron chi connectivity index (χ1n) is 6.41. The average Bonchev–Trinajstić information content (AvgIpc) is 2.98. The Kier molecular flexibility index (Phi) is 5.75. The molecule has 1 amide bonds.